The number of nitrogens with one attached hydrogen (secondary N) is 4. The van der Waals surface area contributed by atoms with E-state index < -0.39 is 0 Å². The van der Waals surface area contributed by atoms with Crippen LogP contribution in [0, 0.1) is 0 Å². The summed E-state index contributed by atoms with van der Waals surface area (Å²) in [4.78, 5) is 27.6. The first kappa shape index (κ1) is 22.6. The highest BCUT2D eigenvalue weighted by Gasteiger charge is 2.09. The van der Waals surface area contributed by atoms with Crippen LogP contribution in [0.4, 0.5) is 27.7 Å². The summed E-state index contributed by atoms with van der Waals surface area (Å²) in [7, 11) is 0. The predicted molar refractivity (Wildman–Crippen MR) is 127 cm³/mol. The van der Waals surface area contributed by atoms with Crippen molar-refractivity contribution in [2.75, 3.05) is 22.5 Å². The molecule has 4 N–H and O–H groups in total. The summed E-state index contributed by atoms with van der Waals surface area (Å²) in [6, 6.07) is 15.3. The minimum atomic E-state index is -0.336. The van der Waals surface area contributed by atoms with Crippen molar-refractivity contribution in [1.29, 1.82) is 0 Å². The van der Waals surface area contributed by atoms with Gasteiger partial charge in [-0.05, 0) is 43.3 Å². The van der Waals surface area contributed by atoms with E-state index in [1.807, 2.05) is 25.1 Å². The Morgan fingerprint density at radius 1 is 1.03 bits per heavy atom. The summed E-state index contributed by atoms with van der Waals surface area (Å²) < 4.78 is 5.88. The van der Waals surface area contributed by atoms with Crippen molar-refractivity contribution < 1.29 is 14.3 Å². The van der Waals surface area contributed by atoms with Gasteiger partial charge in [-0.2, -0.15) is 0 Å². The van der Waals surface area contributed by atoms with Gasteiger partial charge < -0.3 is 26.0 Å². The number of hydrogen-bond donors (Lipinski definition) is 4. The molecule has 9 heteroatoms. The highest BCUT2D eigenvalue weighted by molar-refractivity contribution is 6.33. The lowest BCUT2D eigenvalue weighted by Gasteiger charge is -2.13. The molecular formula is C23H22ClN5O3. The lowest BCUT2D eigenvalue weighted by molar-refractivity contribution is -0.111. The number of hydrogen-bond acceptors (Lipinski definition) is 5. The predicted octanol–water partition coefficient (Wildman–Crippen LogP) is 5.54. The Bertz CT molecular complexity index is 1140. The van der Waals surface area contributed by atoms with Crippen molar-refractivity contribution in [3.8, 4) is 11.5 Å². The number of rotatable bonds is 8. The van der Waals surface area contributed by atoms with Gasteiger partial charge in [-0.3, -0.25) is 4.79 Å². The normalized spacial score (nSPS) is 10.1. The quantitative estimate of drug-likeness (QED) is 0.337. The van der Waals surface area contributed by atoms with Crippen LogP contribution < -0.4 is 26.0 Å². The maximum absolute atomic E-state index is 11.7. The van der Waals surface area contributed by atoms with Gasteiger partial charge in [0.1, 0.15) is 17.3 Å². The fourth-order valence-corrected chi connectivity index (χ4v) is 2.91. The van der Waals surface area contributed by atoms with Crippen LogP contribution in [0.1, 0.15) is 6.92 Å². The third-order valence-electron chi connectivity index (χ3n) is 4.13. The summed E-state index contributed by atoms with van der Waals surface area (Å²) in [6.07, 6.45) is 2.79. The van der Waals surface area contributed by atoms with Gasteiger partial charge in [0.15, 0.2) is 0 Å². The van der Waals surface area contributed by atoms with E-state index >= 15 is 0 Å². The molecule has 0 aliphatic heterocycles. The highest BCUT2D eigenvalue weighted by Crippen LogP contribution is 2.31. The van der Waals surface area contributed by atoms with Gasteiger partial charge in [0.25, 0.3) is 0 Å². The van der Waals surface area contributed by atoms with Crippen molar-refractivity contribution in [2.24, 2.45) is 0 Å². The second-order valence-electron chi connectivity index (χ2n) is 6.47. The van der Waals surface area contributed by atoms with Gasteiger partial charge in [0.2, 0.25) is 5.91 Å². The molecular weight excluding hydrogens is 430 g/mol. The molecule has 0 unspecified atom stereocenters. The number of aromatic nitrogens is 1. The molecule has 0 aliphatic carbocycles. The van der Waals surface area contributed by atoms with E-state index in [2.05, 4.69) is 32.8 Å². The Morgan fingerprint density at radius 3 is 2.50 bits per heavy atom. The molecule has 164 valence electrons. The molecule has 3 aromatic rings. The number of anilines is 4. The van der Waals surface area contributed by atoms with E-state index in [9.17, 15) is 9.59 Å². The summed E-state index contributed by atoms with van der Waals surface area (Å²) in [5.41, 5.74) is 1.73. The van der Waals surface area contributed by atoms with Gasteiger partial charge in [-0.15, -0.1) is 0 Å². The molecule has 0 atom stereocenters. The van der Waals surface area contributed by atoms with Gasteiger partial charge in [-0.1, -0.05) is 30.3 Å². The Balaban J connectivity index is 1.72. The third kappa shape index (κ3) is 6.23. The standard InChI is InChI=1S/C23H22ClN5O3/c1-3-22(30)28-20-8-6-5-7-19(20)27-21-14-16(11-12-26-21)32-15-9-10-18(17(24)13-15)29-23(31)25-4-2/h3,5-14H,1,4H2,2H3,(H,26,27)(H,28,30)(H2,25,29,31). The SMILES string of the molecule is C=CC(=O)Nc1ccccc1Nc1cc(Oc2ccc(NC(=O)NCC)c(Cl)c2)ccn1. The molecule has 1 heterocycles. The zero-order chi connectivity index (χ0) is 22.9. The molecule has 32 heavy (non-hydrogen) atoms. The Labute approximate surface area is 190 Å². The minimum Gasteiger partial charge on any atom is -0.457 e. The molecule has 2 aromatic carbocycles. The van der Waals surface area contributed by atoms with E-state index in [4.69, 9.17) is 16.3 Å². The lowest BCUT2D eigenvalue weighted by Crippen LogP contribution is -2.28. The second-order valence-corrected chi connectivity index (χ2v) is 6.88. The van der Waals surface area contributed by atoms with E-state index in [0.717, 1.165) is 0 Å². The smallest absolute Gasteiger partial charge is 0.319 e. The molecule has 8 nitrogen and oxygen atoms in total. The summed E-state index contributed by atoms with van der Waals surface area (Å²) >= 11 is 6.26. The number of nitrogens with zero attached hydrogens (tertiary/aromatic N) is 1. The maximum Gasteiger partial charge on any atom is 0.319 e. The molecule has 1 aromatic heterocycles. The summed E-state index contributed by atoms with van der Waals surface area (Å²) in [6.45, 7) is 5.79. The molecule has 0 saturated carbocycles. The fourth-order valence-electron chi connectivity index (χ4n) is 2.69. The number of pyridine rings is 1. The van der Waals surface area contributed by atoms with Crippen LogP contribution in [0.25, 0.3) is 0 Å². The number of ether oxygens (including phenoxy) is 1. The van der Waals surface area contributed by atoms with E-state index in [1.54, 1.807) is 42.6 Å². The average Bonchev–Trinajstić information content (AvgIpc) is 2.77. The number of para-hydroxylation sites is 2. The molecule has 0 radical (unpaired) electrons. The van der Waals surface area contributed by atoms with Crippen LogP contribution >= 0.6 is 11.6 Å². The van der Waals surface area contributed by atoms with E-state index in [-0.39, 0.29) is 11.9 Å². The van der Waals surface area contributed by atoms with Crippen molar-refractivity contribution in [3.05, 3.63) is 78.5 Å². The first-order chi connectivity index (χ1) is 15.5. The van der Waals surface area contributed by atoms with Crippen molar-refractivity contribution in [1.82, 2.24) is 10.3 Å². The Hall–Kier alpha value is -4.04. The average molecular weight is 452 g/mol. The van der Waals surface area contributed by atoms with Gasteiger partial charge >= 0.3 is 6.03 Å². The lowest BCUT2D eigenvalue weighted by atomic mass is 10.2. The topological polar surface area (TPSA) is 104 Å². The Kier molecular flexibility index (Phi) is 7.66. The van der Waals surface area contributed by atoms with E-state index in [0.29, 0.717) is 45.9 Å². The van der Waals surface area contributed by atoms with Crippen LogP contribution in [0.5, 0.6) is 11.5 Å². The molecule has 0 fully saturated rings. The van der Waals surface area contributed by atoms with Gasteiger partial charge in [0, 0.05) is 24.9 Å². The largest absolute Gasteiger partial charge is 0.457 e. The molecule has 0 saturated heterocycles. The first-order valence-electron chi connectivity index (χ1n) is 9.76. The molecule has 3 amide bonds. The molecule has 3 rings (SSSR count). The van der Waals surface area contributed by atoms with Gasteiger partial charge in [-0.25, -0.2) is 9.78 Å². The van der Waals surface area contributed by atoms with Crippen LogP contribution in [-0.2, 0) is 4.79 Å². The third-order valence-corrected chi connectivity index (χ3v) is 4.44. The number of amides is 3. The zero-order valence-electron chi connectivity index (χ0n) is 17.3. The summed E-state index contributed by atoms with van der Waals surface area (Å²) in [5, 5.41) is 11.5. The number of carbonyl (C=O) groups excluding carboxylic acids is 2. The van der Waals surface area contributed by atoms with Crippen molar-refractivity contribution in [2.45, 2.75) is 6.92 Å². The Morgan fingerprint density at radius 2 is 1.78 bits per heavy atom. The monoisotopic (exact) mass is 451 g/mol. The number of halogens is 1. The molecule has 0 aliphatic rings. The zero-order valence-corrected chi connectivity index (χ0v) is 18.1. The van der Waals surface area contributed by atoms with Crippen molar-refractivity contribution >= 4 is 46.4 Å². The summed E-state index contributed by atoms with van der Waals surface area (Å²) in [5.74, 6) is 1.22. The van der Waals surface area contributed by atoms with Gasteiger partial charge in [0.05, 0.1) is 22.1 Å². The first-order valence-corrected chi connectivity index (χ1v) is 10.1. The minimum absolute atomic E-state index is 0.314. The van der Waals surface area contributed by atoms with Crippen LogP contribution in [-0.4, -0.2) is 23.5 Å². The highest BCUT2D eigenvalue weighted by atomic mass is 35.5. The van der Waals surface area contributed by atoms with Crippen LogP contribution in [0.2, 0.25) is 5.02 Å². The fraction of sp³-hybridized carbons (Fsp3) is 0.0870. The number of urea groups is 1. The second kappa shape index (κ2) is 10.8. The van der Waals surface area contributed by atoms with E-state index in [1.165, 1.54) is 6.08 Å². The van der Waals surface area contributed by atoms with Crippen molar-refractivity contribution in [3.63, 3.8) is 0 Å². The number of carbonyl (C=O) groups is 2. The number of benzene rings is 2. The maximum atomic E-state index is 11.7. The molecule has 0 bridgehead atoms. The van der Waals surface area contributed by atoms with Crippen LogP contribution in [0.15, 0.2) is 73.4 Å². The van der Waals surface area contributed by atoms with Crippen LogP contribution in [0.3, 0.4) is 0 Å². The molecule has 0 spiro atoms.